The van der Waals surface area contributed by atoms with Crippen molar-refractivity contribution in [2.45, 2.75) is 26.7 Å². The first-order valence-corrected chi connectivity index (χ1v) is 5.36. The van der Waals surface area contributed by atoms with Crippen LogP contribution < -0.4 is 0 Å². The molecule has 78 valence electrons. The smallest absolute Gasteiger partial charge is 0.0519 e. The quantitative estimate of drug-likeness (QED) is 0.606. The summed E-state index contributed by atoms with van der Waals surface area (Å²) >= 11 is 0. The molecule has 1 nitrogen and oxygen atoms in total. The molecule has 0 bridgehead atoms. The van der Waals surface area contributed by atoms with E-state index in [1.165, 1.54) is 11.1 Å². The lowest BCUT2D eigenvalue weighted by Gasteiger charge is -2.26. The van der Waals surface area contributed by atoms with Gasteiger partial charge in [0.15, 0.2) is 0 Å². The minimum atomic E-state index is 0.717. The van der Waals surface area contributed by atoms with E-state index in [9.17, 15) is 0 Å². The van der Waals surface area contributed by atoms with Crippen molar-refractivity contribution in [1.29, 1.82) is 0 Å². The second kappa shape index (κ2) is 5.82. The van der Waals surface area contributed by atoms with Crippen molar-refractivity contribution in [2.75, 3.05) is 13.2 Å². The fourth-order valence-corrected chi connectivity index (χ4v) is 1.71. The van der Waals surface area contributed by atoms with Crippen LogP contribution >= 0.6 is 0 Å². The predicted molar refractivity (Wildman–Crippen MR) is 61.3 cm³/mol. The van der Waals surface area contributed by atoms with Crippen LogP contribution in [0, 0.1) is 5.92 Å². The van der Waals surface area contributed by atoms with Crippen LogP contribution in [0.4, 0.5) is 0 Å². The van der Waals surface area contributed by atoms with Crippen molar-refractivity contribution in [3.8, 4) is 0 Å². The van der Waals surface area contributed by atoms with E-state index >= 15 is 0 Å². The SMILES string of the molecule is C=C/C(CC1COC1)=C(\C=C/C)CC. The predicted octanol–water partition coefficient (Wildman–Crippen LogP) is 3.49. The van der Waals surface area contributed by atoms with Gasteiger partial charge in [-0.15, -0.1) is 0 Å². The zero-order chi connectivity index (χ0) is 10.4. The lowest BCUT2D eigenvalue weighted by atomic mass is 9.93. The number of ether oxygens (including phenoxy) is 1. The van der Waals surface area contributed by atoms with E-state index in [1.807, 2.05) is 6.08 Å². The Kier molecular flexibility index (Phi) is 4.68. The molecule has 0 amide bonds. The van der Waals surface area contributed by atoms with Crippen molar-refractivity contribution in [3.63, 3.8) is 0 Å². The van der Waals surface area contributed by atoms with Gasteiger partial charge in [-0.2, -0.15) is 0 Å². The lowest BCUT2D eigenvalue weighted by Crippen LogP contribution is -2.27. The summed E-state index contributed by atoms with van der Waals surface area (Å²) in [6.45, 7) is 9.98. The molecular formula is C13H20O. The molecule has 0 radical (unpaired) electrons. The minimum Gasteiger partial charge on any atom is -0.381 e. The van der Waals surface area contributed by atoms with Gasteiger partial charge in [-0.05, 0) is 30.9 Å². The topological polar surface area (TPSA) is 9.23 Å². The second-order valence-corrected chi connectivity index (χ2v) is 3.72. The van der Waals surface area contributed by atoms with E-state index in [0.29, 0.717) is 0 Å². The zero-order valence-electron chi connectivity index (χ0n) is 9.25. The molecule has 1 aliphatic rings. The average Bonchev–Trinajstić information content (AvgIpc) is 2.14. The molecule has 0 saturated carbocycles. The molecule has 1 saturated heterocycles. The first kappa shape index (κ1) is 11.3. The minimum absolute atomic E-state index is 0.717. The third kappa shape index (κ3) is 2.85. The van der Waals surface area contributed by atoms with Crippen molar-refractivity contribution >= 4 is 0 Å². The van der Waals surface area contributed by atoms with Gasteiger partial charge in [-0.3, -0.25) is 0 Å². The van der Waals surface area contributed by atoms with E-state index in [-0.39, 0.29) is 0 Å². The van der Waals surface area contributed by atoms with Crippen molar-refractivity contribution in [2.24, 2.45) is 5.92 Å². The Bertz CT molecular complexity index is 244. The molecule has 1 heteroatoms. The lowest BCUT2D eigenvalue weighted by molar-refractivity contribution is -0.0309. The molecule has 0 N–H and O–H groups in total. The summed E-state index contributed by atoms with van der Waals surface area (Å²) in [4.78, 5) is 0. The zero-order valence-corrected chi connectivity index (χ0v) is 9.25. The number of allylic oxidation sites excluding steroid dienone is 5. The monoisotopic (exact) mass is 192 g/mol. The van der Waals surface area contributed by atoms with Gasteiger partial charge in [0, 0.05) is 5.92 Å². The molecule has 0 aromatic heterocycles. The van der Waals surface area contributed by atoms with Crippen LogP contribution in [0.3, 0.4) is 0 Å². The summed E-state index contributed by atoms with van der Waals surface area (Å²) in [6.07, 6.45) is 8.49. The Labute approximate surface area is 87.2 Å². The summed E-state index contributed by atoms with van der Waals surface area (Å²) in [7, 11) is 0. The fraction of sp³-hybridized carbons (Fsp3) is 0.538. The number of hydrogen-bond donors (Lipinski definition) is 0. The first-order chi connectivity index (χ1) is 6.81. The third-order valence-electron chi connectivity index (χ3n) is 2.62. The van der Waals surface area contributed by atoms with E-state index in [2.05, 4.69) is 32.6 Å². The second-order valence-electron chi connectivity index (χ2n) is 3.72. The molecule has 1 aliphatic heterocycles. The summed E-state index contributed by atoms with van der Waals surface area (Å²) in [5, 5.41) is 0. The molecule has 0 aliphatic carbocycles. The highest BCUT2D eigenvalue weighted by molar-refractivity contribution is 5.32. The maximum atomic E-state index is 5.18. The molecule has 0 spiro atoms. The number of rotatable bonds is 5. The number of hydrogen-bond acceptors (Lipinski definition) is 1. The van der Waals surface area contributed by atoms with Crippen molar-refractivity contribution < 1.29 is 4.74 Å². The van der Waals surface area contributed by atoms with Gasteiger partial charge in [0.2, 0.25) is 0 Å². The van der Waals surface area contributed by atoms with Crippen LogP contribution in [0.25, 0.3) is 0 Å². The van der Waals surface area contributed by atoms with Crippen LogP contribution in [-0.2, 0) is 4.74 Å². The van der Waals surface area contributed by atoms with Crippen molar-refractivity contribution in [1.82, 2.24) is 0 Å². The Morgan fingerprint density at radius 2 is 2.14 bits per heavy atom. The Morgan fingerprint density at radius 1 is 1.43 bits per heavy atom. The largest absolute Gasteiger partial charge is 0.381 e. The van der Waals surface area contributed by atoms with Gasteiger partial charge < -0.3 is 4.74 Å². The maximum Gasteiger partial charge on any atom is 0.0519 e. The molecule has 0 unspecified atom stereocenters. The molecule has 14 heavy (non-hydrogen) atoms. The molecule has 0 aromatic carbocycles. The van der Waals surface area contributed by atoms with Crippen molar-refractivity contribution in [3.05, 3.63) is 36.0 Å². The standard InChI is InChI=1S/C13H20O/c1-4-7-12(5-2)13(6-3)8-11-9-14-10-11/h4,6-7,11H,3,5,8-10H2,1-2H3/b7-4-,13-12+. The summed E-state index contributed by atoms with van der Waals surface area (Å²) in [5.41, 5.74) is 2.80. The van der Waals surface area contributed by atoms with Gasteiger partial charge in [0.25, 0.3) is 0 Å². The Morgan fingerprint density at radius 3 is 2.50 bits per heavy atom. The van der Waals surface area contributed by atoms with Crippen LogP contribution in [-0.4, -0.2) is 13.2 Å². The maximum absolute atomic E-state index is 5.18. The highest BCUT2D eigenvalue weighted by Gasteiger charge is 2.19. The Balaban J connectivity index is 2.67. The first-order valence-electron chi connectivity index (χ1n) is 5.36. The summed E-state index contributed by atoms with van der Waals surface area (Å²) in [6, 6.07) is 0. The Hall–Kier alpha value is -0.820. The van der Waals surface area contributed by atoms with Crippen LogP contribution in [0.5, 0.6) is 0 Å². The van der Waals surface area contributed by atoms with E-state index in [4.69, 9.17) is 4.74 Å². The van der Waals surface area contributed by atoms with Gasteiger partial charge in [0.1, 0.15) is 0 Å². The molecule has 0 aromatic rings. The summed E-state index contributed by atoms with van der Waals surface area (Å²) < 4.78 is 5.18. The van der Waals surface area contributed by atoms with Crippen LogP contribution in [0.1, 0.15) is 26.7 Å². The molecular weight excluding hydrogens is 172 g/mol. The van der Waals surface area contributed by atoms with E-state index in [0.717, 1.165) is 32.0 Å². The van der Waals surface area contributed by atoms with Gasteiger partial charge in [-0.25, -0.2) is 0 Å². The van der Waals surface area contributed by atoms with E-state index in [1.54, 1.807) is 0 Å². The molecule has 0 atom stereocenters. The highest BCUT2D eigenvalue weighted by Crippen LogP contribution is 2.24. The fourth-order valence-electron chi connectivity index (χ4n) is 1.71. The van der Waals surface area contributed by atoms with Gasteiger partial charge >= 0.3 is 0 Å². The summed E-state index contributed by atoms with van der Waals surface area (Å²) in [5.74, 6) is 0.717. The molecule has 1 fully saturated rings. The third-order valence-corrected chi connectivity index (χ3v) is 2.62. The molecule has 1 heterocycles. The van der Waals surface area contributed by atoms with Gasteiger partial charge in [0.05, 0.1) is 13.2 Å². The highest BCUT2D eigenvalue weighted by atomic mass is 16.5. The average molecular weight is 192 g/mol. The van der Waals surface area contributed by atoms with Crippen LogP contribution in [0.15, 0.2) is 36.0 Å². The molecule has 1 rings (SSSR count). The normalized spacial score (nSPS) is 19.3. The van der Waals surface area contributed by atoms with Crippen LogP contribution in [0.2, 0.25) is 0 Å². The van der Waals surface area contributed by atoms with E-state index < -0.39 is 0 Å². The van der Waals surface area contributed by atoms with Gasteiger partial charge in [-0.1, -0.05) is 31.7 Å².